The number of rotatable bonds is 4. The van der Waals surface area contributed by atoms with Gasteiger partial charge in [-0.15, -0.1) is 0 Å². The van der Waals surface area contributed by atoms with Crippen LogP contribution in [0.2, 0.25) is 0 Å². The Balaban J connectivity index is 3.58. The molecular weight excluding hydrogens is 124 g/mol. The van der Waals surface area contributed by atoms with Gasteiger partial charge in [0.25, 0.3) is 0 Å². The van der Waals surface area contributed by atoms with Gasteiger partial charge < -0.3 is 10.6 Å². The molecule has 0 fully saturated rings. The molecule has 0 aromatic carbocycles. The lowest BCUT2D eigenvalue weighted by Gasteiger charge is -2.25. The second-order valence-electron chi connectivity index (χ2n) is 3.26. The maximum absolute atomic E-state index is 5.45. The summed E-state index contributed by atoms with van der Waals surface area (Å²) < 4.78 is 0. The SMILES string of the molecule is CC(CCN)C(C)N(C)C. The van der Waals surface area contributed by atoms with Crippen molar-refractivity contribution in [3.8, 4) is 0 Å². The minimum atomic E-state index is 0.642. The Morgan fingerprint density at radius 2 is 1.80 bits per heavy atom. The number of nitrogens with zero attached hydrogens (tertiary/aromatic N) is 1. The Labute approximate surface area is 64.4 Å². The maximum Gasteiger partial charge on any atom is 0.00869 e. The van der Waals surface area contributed by atoms with Gasteiger partial charge in [-0.1, -0.05) is 6.92 Å². The maximum atomic E-state index is 5.45. The molecule has 0 aliphatic rings. The third kappa shape index (κ3) is 3.18. The van der Waals surface area contributed by atoms with Gasteiger partial charge in [0.1, 0.15) is 0 Å². The molecule has 0 aromatic rings. The van der Waals surface area contributed by atoms with Gasteiger partial charge in [-0.05, 0) is 39.9 Å². The molecule has 0 bridgehead atoms. The van der Waals surface area contributed by atoms with E-state index in [0.717, 1.165) is 13.0 Å². The van der Waals surface area contributed by atoms with Crippen LogP contribution in [-0.4, -0.2) is 31.6 Å². The predicted molar refractivity (Wildman–Crippen MR) is 46.0 cm³/mol. The van der Waals surface area contributed by atoms with Gasteiger partial charge in [-0.3, -0.25) is 0 Å². The summed E-state index contributed by atoms with van der Waals surface area (Å²) in [7, 11) is 4.22. The molecule has 2 unspecified atom stereocenters. The molecule has 0 rings (SSSR count). The molecule has 10 heavy (non-hydrogen) atoms. The summed E-state index contributed by atoms with van der Waals surface area (Å²) in [6, 6.07) is 0.642. The average Bonchev–Trinajstić information content (AvgIpc) is 1.87. The normalized spacial score (nSPS) is 17.4. The van der Waals surface area contributed by atoms with Gasteiger partial charge in [0, 0.05) is 6.04 Å². The summed E-state index contributed by atoms with van der Waals surface area (Å²) in [5.41, 5.74) is 5.45. The third-order valence-electron chi connectivity index (χ3n) is 2.26. The van der Waals surface area contributed by atoms with E-state index in [0.29, 0.717) is 12.0 Å². The van der Waals surface area contributed by atoms with Crippen molar-refractivity contribution in [1.82, 2.24) is 4.90 Å². The summed E-state index contributed by atoms with van der Waals surface area (Å²) in [4.78, 5) is 2.24. The van der Waals surface area contributed by atoms with E-state index in [2.05, 4.69) is 32.8 Å². The monoisotopic (exact) mass is 144 g/mol. The van der Waals surface area contributed by atoms with Crippen LogP contribution in [0.15, 0.2) is 0 Å². The Hall–Kier alpha value is -0.0800. The van der Waals surface area contributed by atoms with Crippen LogP contribution in [0.1, 0.15) is 20.3 Å². The minimum absolute atomic E-state index is 0.642. The van der Waals surface area contributed by atoms with E-state index in [9.17, 15) is 0 Å². The molecule has 0 saturated carbocycles. The quantitative estimate of drug-likeness (QED) is 0.636. The molecule has 62 valence electrons. The van der Waals surface area contributed by atoms with Crippen molar-refractivity contribution in [3.63, 3.8) is 0 Å². The van der Waals surface area contributed by atoms with Gasteiger partial charge in [0.15, 0.2) is 0 Å². The molecule has 2 heteroatoms. The van der Waals surface area contributed by atoms with E-state index in [1.165, 1.54) is 0 Å². The second kappa shape index (κ2) is 4.69. The first-order valence-corrected chi connectivity index (χ1v) is 3.96. The van der Waals surface area contributed by atoms with Crippen LogP contribution in [0.25, 0.3) is 0 Å². The first kappa shape index (κ1) is 9.92. The Bertz CT molecular complexity index is 81.3. The molecule has 0 aliphatic heterocycles. The molecule has 0 saturated heterocycles. The second-order valence-corrected chi connectivity index (χ2v) is 3.26. The van der Waals surface area contributed by atoms with Crippen molar-refractivity contribution in [3.05, 3.63) is 0 Å². The molecule has 0 heterocycles. The van der Waals surface area contributed by atoms with Gasteiger partial charge in [-0.2, -0.15) is 0 Å². The zero-order valence-electron chi connectivity index (χ0n) is 7.59. The van der Waals surface area contributed by atoms with E-state index < -0.39 is 0 Å². The molecule has 0 aromatic heterocycles. The van der Waals surface area contributed by atoms with E-state index in [-0.39, 0.29) is 0 Å². The van der Waals surface area contributed by atoms with Crippen LogP contribution in [0.5, 0.6) is 0 Å². The van der Waals surface area contributed by atoms with Crippen LogP contribution in [0.4, 0.5) is 0 Å². The summed E-state index contributed by atoms with van der Waals surface area (Å²) in [5.74, 6) is 0.708. The lowest BCUT2D eigenvalue weighted by atomic mass is 9.99. The molecule has 0 spiro atoms. The van der Waals surface area contributed by atoms with Crippen molar-refractivity contribution in [1.29, 1.82) is 0 Å². The van der Waals surface area contributed by atoms with Gasteiger partial charge in [-0.25, -0.2) is 0 Å². The zero-order chi connectivity index (χ0) is 8.15. The van der Waals surface area contributed by atoms with Crippen LogP contribution in [-0.2, 0) is 0 Å². The highest BCUT2D eigenvalue weighted by molar-refractivity contribution is 4.67. The molecule has 0 amide bonds. The lowest BCUT2D eigenvalue weighted by molar-refractivity contribution is 0.232. The Morgan fingerprint density at radius 3 is 2.10 bits per heavy atom. The number of hydrogen-bond donors (Lipinski definition) is 1. The average molecular weight is 144 g/mol. The topological polar surface area (TPSA) is 29.3 Å². The molecule has 2 N–H and O–H groups in total. The van der Waals surface area contributed by atoms with E-state index in [1.807, 2.05) is 0 Å². The fraction of sp³-hybridized carbons (Fsp3) is 1.00. The van der Waals surface area contributed by atoms with Crippen molar-refractivity contribution in [2.24, 2.45) is 11.7 Å². The largest absolute Gasteiger partial charge is 0.330 e. The van der Waals surface area contributed by atoms with Gasteiger partial charge >= 0.3 is 0 Å². The first-order chi connectivity index (χ1) is 4.59. The number of nitrogens with two attached hydrogens (primary N) is 1. The fourth-order valence-electron chi connectivity index (χ4n) is 1.01. The van der Waals surface area contributed by atoms with Crippen molar-refractivity contribution in [2.75, 3.05) is 20.6 Å². The van der Waals surface area contributed by atoms with Crippen LogP contribution in [0.3, 0.4) is 0 Å². The highest BCUT2D eigenvalue weighted by Gasteiger charge is 2.12. The molecule has 0 radical (unpaired) electrons. The molecule has 2 atom stereocenters. The Kier molecular flexibility index (Phi) is 4.65. The summed E-state index contributed by atoms with van der Waals surface area (Å²) >= 11 is 0. The number of hydrogen-bond acceptors (Lipinski definition) is 2. The van der Waals surface area contributed by atoms with E-state index >= 15 is 0 Å². The highest BCUT2D eigenvalue weighted by atomic mass is 15.1. The van der Waals surface area contributed by atoms with Crippen LogP contribution >= 0.6 is 0 Å². The molecule has 2 nitrogen and oxygen atoms in total. The fourth-order valence-corrected chi connectivity index (χ4v) is 1.01. The summed E-state index contributed by atoms with van der Waals surface area (Å²) in [5, 5.41) is 0. The van der Waals surface area contributed by atoms with Crippen molar-refractivity contribution < 1.29 is 0 Å². The third-order valence-corrected chi connectivity index (χ3v) is 2.26. The van der Waals surface area contributed by atoms with E-state index in [1.54, 1.807) is 0 Å². The summed E-state index contributed by atoms with van der Waals surface area (Å²) in [6.07, 6.45) is 1.12. The Morgan fingerprint density at radius 1 is 1.30 bits per heavy atom. The highest BCUT2D eigenvalue weighted by Crippen LogP contribution is 2.10. The lowest BCUT2D eigenvalue weighted by Crippen LogP contribution is -2.32. The first-order valence-electron chi connectivity index (χ1n) is 3.96. The minimum Gasteiger partial charge on any atom is -0.330 e. The molecule has 0 aliphatic carbocycles. The standard InChI is InChI=1S/C8H20N2/c1-7(5-6-9)8(2)10(3)4/h7-8H,5-6,9H2,1-4H3. The smallest absolute Gasteiger partial charge is 0.00869 e. The molecular formula is C8H20N2. The van der Waals surface area contributed by atoms with Crippen LogP contribution in [0, 0.1) is 5.92 Å². The van der Waals surface area contributed by atoms with Gasteiger partial charge in [0.2, 0.25) is 0 Å². The van der Waals surface area contributed by atoms with Crippen molar-refractivity contribution >= 4 is 0 Å². The van der Waals surface area contributed by atoms with Crippen molar-refractivity contribution in [2.45, 2.75) is 26.3 Å². The van der Waals surface area contributed by atoms with Gasteiger partial charge in [0.05, 0.1) is 0 Å². The predicted octanol–water partition coefficient (Wildman–Crippen LogP) is 0.921. The van der Waals surface area contributed by atoms with E-state index in [4.69, 9.17) is 5.73 Å². The summed E-state index contributed by atoms with van der Waals surface area (Å²) in [6.45, 7) is 5.29. The zero-order valence-corrected chi connectivity index (χ0v) is 7.59. The van der Waals surface area contributed by atoms with Crippen LogP contribution < -0.4 is 5.73 Å².